The van der Waals surface area contributed by atoms with Crippen LogP contribution >= 0.6 is 0 Å². The molecule has 2 aromatic carbocycles. The van der Waals surface area contributed by atoms with Crippen molar-refractivity contribution in [2.24, 2.45) is 11.7 Å². The Labute approximate surface area is 237 Å². The van der Waals surface area contributed by atoms with E-state index in [9.17, 15) is 9.18 Å². The van der Waals surface area contributed by atoms with Gasteiger partial charge in [-0.2, -0.15) is 4.39 Å². The summed E-state index contributed by atoms with van der Waals surface area (Å²) >= 11 is 0. The first-order valence-corrected chi connectivity index (χ1v) is 13.9. The van der Waals surface area contributed by atoms with Gasteiger partial charge in [-0.1, -0.05) is 0 Å². The third-order valence-electron chi connectivity index (χ3n) is 7.53. The Bertz CT molecular complexity index is 1530. The summed E-state index contributed by atoms with van der Waals surface area (Å²) in [5.41, 5.74) is 8.88. The molecule has 0 bridgehead atoms. The Kier molecular flexibility index (Phi) is 8.75. The minimum absolute atomic E-state index is 0.0197. The van der Waals surface area contributed by atoms with E-state index in [-0.39, 0.29) is 23.8 Å². The highest BCUT2D eigenvalue weighted by Gasteiger charge is 2.24. The molecule has 1 saturated heterocycles. The second kappa shape index (κ2) is 12.6. The average molecular weight is 564 g/mol. The van der Waals surface area contributed by atoms with Crippen molar-refractivity contribution in [1.29, 1.82) is 0 Å². The number of benzene rings is 2. The highest BCUT2D eigenvalue weighted by Crippen LogP contribution is 2.32. The highest BCUT2D eigenvalue weighted by atomic mass is 19.2. The summed E-state index contributed by atoms with van der Waals surface area (Å²) in [7, 11) is 1.82. The number of halogens is 2. The van der Waals surface area contributed by atoms with Gasteiger partial charge in [-0.3, -0.25) is 9.20 Å². The highest BCUT2D eigenvalue weighted by molar-refractivity contribution is 5.96. The van der Waals surface area contributed by atoms with Crippen molar-refractivity contribution in [3.05, 3.63) is 71.7 Å². The zero-order valence-corrected chi connectivity index (χ0v) is 23.3. The molecule has 0 spiro atoms. The number of nitrogens with one attached hydrogen (secondary N) is 2. The van der Waals surface area contributed by atoms with Crippen LogP contribution < -0.4 is 21.1 Å². The van der Waals surface area contributed by atoms with Crippen LogP contribution in [0.4, 0.5) is 20.3 Å². The molecule has 5 rings (SSSR count). The van der Waals surface area contributed by atoms with Crippen molar-refractivity contribution in [3.63, 3.8) is 0 Å². The molecule has 0 unspecified atom stereocenters. The van der Waals surface area contributed by atoms with E-state index in [2.05, 4.69) is 20.6 Å². The molecule has 216 valence electrons. The Morgan fingerprint density at radius 3 is 2.68 bits per heavy atom. The van der Waals surface area contributed by atoms with Gasteiger partial charge in [0.1, 0.15) is 0 Å². The molecule has 0 atom stereocenters. The number of aryl methyl sites for hydroxylation is 1. The van der Waals surface area contributed by atoms with E-state index in [1.807, 2.05) is 37.1 Å². The maximum Gasteiger partial charge on any atom is 0.254 e. The van der Waals surface area contributed by atoms with E-state index < -0.39 is 11.6 Å². The van der Waals surface area contributed by atoms with Crippen LogP contribution in [0, 0.1) is 24.5 Å². The molecule has 4 aromatic rings. The molecule has 2 aromatic heterocycles. The van der Waals surface area contributed by atoms with Gasteiger partial charge in [0.15, 0.2) is 23.0 Å². The van der Waals surface area contributed by atoms with Crippen LogP contribution in [-0.4, -0.2) is 65.0 Å². The second-order valence-electron chi connectivity index (χ2n) is 10.3. The van der Waals surface area contributed by atoms with Gasteiger partial charge in [0.25, 0.3) is 5.91 Å². The summed E-state index contributed by atoms with van der Waals surface area (Å²) in [6.07, 6.45) is 7.20. The first-order chi connectivity index (χ1) is 19.9. The maximum atomic E-state index is 15.1. The summed E-state index contributed by atoms with van der Waals surface area (Å²) in [6, 6.07) is 8.44. The summed E-state index contributed by atoms with van der Waals surface area (Å²) in [4.78, 5) is 23.9. The minimum Gasteiger partial charge on any atom is -0.490 e. The van der Waals surface area contributed by atoms with Crippen molar-refractivity contribution in [1.82, 2.24) is 24.6 Å². The average Bonchev–Trinajstić information content (AvgIpc) is 3.42. The van der Waals surface area contributed by atoms with Crippen molar-refractivity contribution in [2.45, 2.75) is 26.2 Å². The van der Waals surface area contributed by atoms with Crippen molar-refractivity contribution < 1.29 is 18.3 Å². The summed E-state index contributed by atoms with van der Waals surface area (Å²) in [5.74, 6) is -1.24. The Hall–Kier alpha value is -4.09. The zero-order chi connectivity index (χ0) is 28.9. The fourth-order valence-electron chi connectivity index (χ4n) is 5.14. The smallest absolute Gasteiger partial charge is 0.254 e. The lowest BCUT2D eigenvalue weighted by Crippen LogP contribution is -2.40. The molecule has 11 heteroatoms. The number of fused-ring (bicyclic) bond motifs is 1. The molecule has 3 heterocycles. The Balaban J connectivity index is 1.34. The molecule has 1 aliphatic heterocycles. The molecule has 1 fully saturated rings. The normalized spacial score (nSPS) is 14.0. The number of anilines is 2. The van der Waals surface area contributed by atoms with Crippen molar-refractivity contribution in [3.8, 4) is 17.0 Å². The molecule has 0 aliphatic carbocycles. The fourth-order valence-corrected chi connectivity index (χ4v) is 5.14. The Morgan fingerprint density at radius 1 is 1.15 bits per heavy atom. The Morgan fingerprint density at radius 2 is 1.95 bits per heavy atom. The molecule has 4 N–H and O–H groups in total. The number of likely N-dealkylation sites (tertiary alicyclic amines) is 1. The largest absolute Gasteiger partial charge is 0.490 e. The number of carbonyl (C=O) groups excluding carboxylic acids is 1. The third-order valence-corrected chi connectivity index (χ3v) is 7.53. The predicted octanol–water partition coefficient (Wildman–Crippen LogP) is 4.53. The van der Waals surface area contributed by atoms with Crippen molar-refractivity contribution in [2.75, 3.05) is 45.2 Å². The van der Waals surface area contributed by atoms with Crippen LogP contribution in [0.3, 0.4) is 0 Å². The van der Waals surface area contributed by atoms with E-state index in [4.69, 9.17) is 10.5 Å². The topological polar surface area (TPSA) is 110 Å². The summed E-state index contributed by atoms with van der Waals surface area (Å²) in [5, 5.41) is 6.24. The SMILES string of the molecule is CNCCCOc1ccc(-c2cnc3c(Nc4ccc(C(=O)N5CCC(CN)CC5)c(C)c4)nccn23)c(F)c1F. The molecule has 0 saturated carbocycles. The van der Waals surface area contributed by atoms with E-state index in [0.717, 1.165) is 24.1 Å². The first kappa shape index (κ1) is 28.4. The van der Waals surface area contributed by atoms with Crippen LogP contribution in [-0.2, 0) is 0 Å². The van der Waals surface area contributed by atoms with Gasteiger partial charge >= 0.3 is 0 Å². The van der Waals surface area contributed by atoms with Gasteiger partial charge in [0.2, 0.25) is 5.82 Å². The van der Waals surface area contributed by atoms with E-state index in [1.165, 1.54) is 18.3 Å². The number of carbonyl (C=O) groups is 1. The maximum absolute atomic E-state index is 15.1. The zero-order valence-electron chi connectivity index (χ0n) is 23.3. The van der Waals surface area contributed by atoms with Gasteiger partial charge in [0, 0.05) is 42.3 Å². The van der Waals surface area contributed by atoms with E-state index >= 15 is 4.39 Å². The lowest BCUT2D eigenvalue weighted by atomic mass is 9.96. The van der Waals surface area contributed by atoms with Crippen LogP contribution in [0.2, 0.25) is 0 Å². The molecule has 1 aliphatic rings. The predicted molar refractivity (Wildman–Crippen MR) is 155 cm³/mol. The van der Waals surface area contributed by atoms with Gasteiger partial charge in [-0.25, -0.2) is 14.4 Å². The molecular formula is C30H35F2N7O2. The van der Waals surface area contributed by atoms with Gasteiger partial charge in [0.05, 0.1) is 18.5 Å². The standard InChI is InChI=1S/C30H35F2N7O2/c1-19-16-21(4-5-22(19)30(40)38-12-8-20(17-33)9-13-38)37-28-29-36-18-24(39(29)14-11-35-28)23-6-7-25(27(32)26(23)31)41-15-3-10-34-2/h4-7,11,14,16,18,20,34H,3,8-10,12-13,15,17,33H2,1-2H3,(H,35,37). The van der Waals surface area contributed by atoms with Gasteiger partial charge in [-0.05, 0) is 88.1 Å². The van der Waals surface area contributed by atoms with Crippen LogP contribution in [0.1, 0.15) is 35.2 Å². The van der Waals surface area contributed by atoms with Crippen LogP contribution in [0.15, 0.2) is 48.9 Å². The number of rotatable bonds is 10. The van der Waals surface area contributed by atoms with E-state index in [1.54, 1.807) is 16.8 Å². The number of nitrogens with zero attached hydrogens (tertiary/aromatic N) is 4. The number of piperidine rings is 1. The number of imidazole rings is 1. The molecule has 9 nitrogen and oxygen atoms in total. The molecular weight excluding hydrogens is 528 g/mol. The quantitative estimate of drug-likeness (QED) is 0.243. The fraction of sp³-hybridized carbons (Fsp3) is 0.367. The van der Waals surface area contributed by atoms with Gasteiger partial charge in [-0.15, -0.1) is 0 Å². The van der Waals surface area contributed by atoms with Crippen molar-refractivity contribution >= 4 is 23.1 Å². The first-order valence-electron chi connectivity index (χ1n) is 13.9. The minimum atomic E-state index is -1.04. The lowest BCUT2D eigenvalue weighted by Gasteiger charge is -2.31. The number of nitrogens with two attached hydrogens (primary N) is 1. The van der Waals surface area contributed by atoms with Crippen LogP contribution in [0.25, 0.3) is 16.9 Å². The summed E-state index contributed by atoms with van der Waals surface area (Å²) < 4.78 is 37.0. The van der Waals surface area contributed by atoms with E-state index in [0.29, 0.717) is 61.2 Å². The number of hydrogen-bond donors (Lipinski definition) is 3. The molecule has 41 heavy (non-hydrogen) atoms. The second-order valence-corrected chi connectivity index (χ2v) is 10.3. The number of aromatic nitrogens is 3. The lowest BCUT2D eigenvalue weighted by molar-refractivity contribution is 0.0692. The summed E-state index contributed by atoms with van der Waals surface area (Å²) in [6.45, 7) is 4.97. The van der Waals surface area contributed by atoms with Crippen LogP contribution in [0.5, 0.6) is 5.75 Å². The monoisotopic (exact) mass is 563 g/mol. The number of hydrogen-bond acceptors (Lipinski definition) is 7. The number of ether oxygens (including phenoxy) is 1. The third kappa shape index (κ3) is 6.01. The van der Waals surface area contributed by atoms with Gasteiger partial charge < -0.3 is 26.0 Å². The molecule has 0 radical (unpaired) electrons. The molecule has 1 amide bonds. The number of amides is 1.